The van der Waals surface area contributed by atoms with Crippen molar-refractivity contribution in [3.8, 4) is 0 Å². The molecule has 0 aliphatic rings. The molecule has 0 heterocycles. The third-order valence-electron chi connectivity index (χ3n) is 1.98. The standard InChI is InChI=1S/C11H22O2/c1-4-5-6-7-8-13-11(3)9-10(2)12/h11H,4-9H2,1-3H3. The van der Waals surface area contributed by atoms with E-state index < -0.39 is 0 Å². The molecule has 0 N–H and O–H groups in total. The summed E-state index contributed by atoms with van der Waals surface area (Å²) in [6.45, 7) is 6.56. The van der Waals surface area contributed by atoms with E-state index in [1.807, 2.05) is 6.92 Å². The number of Topliss-reactive ketones (excluding diaryl/α,β-unsaturated/α-hetero) is 1. The summed E-state index contributed by atoms with van der Waals surface area (Å²) in [6, 6.07) is 0. The Morgan fingerprint density at radius 3 is 2.54 bits per heavy atom. The highest BCUT2D eigenvalue weighted by molar-refractivity contribution is 5.75. The Bertz CT molecular complexity index is 132. The monoisotopic (exact) mass is 186 g/mol. The first kappa shape index (κ1) is 12.6. The van der Waals surface area contributed by atoms with Gasteiger partial charge in [-0.1, -0.05) is 26.2 Å². The molecule has 0 aromatic heterocycles. The van der Waals surface area contributed by atoms with Gasteiger partial charge in [-0.25, -0.2) is 0 Å². The van der Waals surface area contributed by atoms with Gasteiger partial charge in [0.25, 0.3) is 0 Å². The molecular formula is C11H22O2. The normalized spacial score (nSPS) is 12.8. The average Bonchev–Trinajstić information content (AvgIpc) is 2.02. The van der Waals surface area contributed by atoms with Gasteiger partial charge >= 0.3 is 0 Å². The van der Waals surface area contributed by atoms with Gasteiger partial charge in [-0.2, -0.15) is 0 Å². The van der Waals surface area contributed by atoms with Gasteiger partial charge in [0.1, 0.15) is 5.78 Å². The lowest BCUT2D eigenvalue weighted by Crippen LogP contribution is -2.12. The van der Waals surface area contributed by atoms with Gasteiger partial charge in [0, 0.05) is 13.0 Å². The first-order chi connectivity index (χ1) is 6.16. The molecule has 0 saturated carbocycles. The number of hydrogen-bond donors (Lipinski definition) is 0. The van der Waals surface area contributed by atoms with Crippen molar-refractivity contribution in [3.05, 3.63) is 0 Å². The number of carbonyl (C=O) groups is 1. The molecule has 78 valence electrons. The fourth-order valence-electron chi connectivity index (χ4n) is 1.28. The fraction of sp³-hybridized carbons (Fsp3) is 0.909. The minimum absolute atomic E-state index is 0.0964. The largest absolute Gasteiger partial charge is 0.378 e. The topological polar surface area (TPSA) is 26.3 Å². The fourth-order valence-corrected chi connectivity index (χ4v) is 1.28. The Balaban J connectivity index is 3.17. The van der Waals surface area contributed by atoms with Crippen LogP contribution in [0.25, 0.3) is 0 Å². The molecule has 0 spiro atoms. The van der Waals surface area contributed by atoms with Crippen LogP contribution in [0.4, 0.5) is 0 Å². The Labute approximate surface area is 81.7 Å². The molecule has 0 amide bonds. The van der Waals surface area contributed by atoms with Crippen LogP contribution < -0.4 is 0 Å². The molecule has 2 heteroatoms. The number of hydrogen-bond acceptors (Lipinski definition) is 2. The maximum absolute atomic E-state index is 10.7. The average molecular weight is 186 g/mol. The molecule has 0 aliphatic carbocycles. The molecule has 0 fully saturated rings. The third kappa shape index (κ3) is 9.54. The first-order valence-corrected chi connectivity index (χ1v) is 5.27. The lowest BCUT2D eigenvalue weighted by Gasteiger charge is -2.10. The van der Waals surface area contributed by atoms with Crippen molar-refractivity contribution in [2.45, 2.75) is 59.0 Å². The molecule has 0 rings (SSSR count). The van der Waals surface area contributed by atoms with Crippen LogP contribution in [0.5, 0.6) is 0 Å². The van der Waals surface area contributed by atoms with E-state index in [9.17, 15) is 4.79 Å². The Morgan fingerprint density at radius 2 is 2.00 bits per heavy atom. The Morgan fingerprint density at radius 1 is 1.31 bits per heavy atom. The summed E-state index contributed by atoms with van der Waals surface area (Å²) in [6.07, 6.45) is 5.54. The number of rotatable bonds is 8. The van der Waals surface area contributed by atoms with Crippen LogP contribution in [0, 0.1) is 0 Å². The molecule has 0 saturated heterocycles. The summed E-state index contributed by atoms with van der Waals surface area (Å²) in [4.78, 5) is 10.7. The van der Waals surface area contributed by atoms with E-state index in [0.29, 0.717) is 6.42 Å². The van der Waals surface area contributed by atoms with Crippen LogP contribution in [-0.2, 0) is 9.53 Å². The molecule has 1 atom stereocenters. The lowest BCUT2D eigenvalue weighted by atomic mass is 10.2. The summed E-state index contributed by atoms with van der Waals surface area (Å²) in [5, 5.41) is 0. The maximum Gasteiger partial charge on any atom is 0.132 e. The molecule has 1 unspecified atom stereocenters. The molecule has 13 heavy (non-hydrogen) atoms. The van der Waals surface area contributed by atoms with Crippen molar-refractivity contribution in [2.24, 2.45) is 0 Å². The summed E-state index contributed by atoms with van der Waals surface area (Å²) in [5.74, 6) is 0.209. The van der Waals surface area contributed by atoms with Crippen LogP contribution in [0.1, 0.15) is 52.9 Å². The predicted octanol–water partition coefficient (Wildman–Crippen LogP) is 2.95. The van der Waals surface area contributed by atoms with E-state index >= 15 is 0 Å². The van der Waals surface area contributed by atoms with E-state index in [0.717, 1.165) is 13.0 Å². The number of unbranched alkanes of at least 4 members (excludes halogenated alkanes) is 3. The zero-order chi connectivity index (χ0) is 10.1. The van der Waals surface area contributed by atoms with Gasteiger partial charge in [-0.3, -0.25) is 4.79 Å². The molecule has 0 aromatic carbocycles. The molecule has 0 aromatic rings. The lowest BCUT2D eigenvalue weighted by molar-refractivity contribution is -0.119. The van der Waals surface area contributed by atoms with Crippen LogP contribution in [0.3, 0.4) is 0 Å². The van der Waals surface area contributed by atoms with E-state index in [2.05, 4.69) is 6.92 Å². The van der Waals surface area contributed by atoms with E-state index in [4.69, 9.17) is 4.74 Å². The summed E-state index contributed by atoms with van der Waals surface area (Å²) < 4.78 is 5.48. The highest BCUT2D eigenvalue weighted by Crippen LogP contribution is 2.03. The molecule has 2 nitrogen and oxygen atoms in total. The van der Waals surface area contributed by atoms with Gasteiger partial charge in [0.2, 0.25) is 0 Å². The van der Waals surface area contributed by atoms with Crippen molar-refractivity contribution < 1.29 is 9.53 Å². The summed E-state index contributed by atoms with van der Waals surface area (Å²) in [7, 11) is 0. The summed E-state index contributed by atoms with van der Waals surface area (Å²) >= 11 is 0. The molecule has 0 bridgehead atoms. The molecular weight excluding hydrogens is 164 g/mol. The quantitative estimate of drug-likeness (QED) is 0.545. The Kier molecular flexibility index (Phi) is 8.00. The minimum Gasteiger partial charge on any atom is -0.378 e. The second kappa shape index (κ2) is 8.24. The van der Waals surface area contributed by atoms with Crippen molar-refractivity contribution in [1.82, 2.24) is 0 Å². The van der Waals surface area contributed by atoms with Crippen molar-refractivity contribution in [3.63, 3.8) is 0 Å². The van der Waals surface area contributed by atoms with E-state index in [1.54, 1.807) is 6.92 Å². The SMILES string of the molecule is CCCCCCOC(C)CC(C)=O. The van der Waals surface area contributed by atoms with Crippen molar-refractivity contribution in [1.29, 1.82) is 0 Å². The van der Waals surface area contributed by atoms with Crippen molar-refractivity contribution >= 4 is 5.78 Å². The van der Waals surface area contributed by atoms with Crippen LogP contribution in [-0.4, -0.2) is 18.5 Å². The van der Waals surface area contributed by atoms with Gasteiger partial charge in [-0.15, -0.1) is 0 Å². The second-order valence-electron chi connectivity index (χ2n) is 3.65. The smallest absolute Gasteiger partial charge is 0.132 e. The third-order valence-corrected chi connectivity index (χ3v) is 1.98. The Hall–Kier alpha value is -0.370. The second-order valence-corrected chi connectivity index (χ2v) is 3.65. The highest BCUT2D eigenvalue weighted by Gasteiger charge is 2.04. The minimum atomic E-state index is 0.0964. The predicted molar refractivity (Wildman–Crippen MR) is 54.9 cm³/mol. The zero-order valence-electron chi connectivity index (χ0n) is 9.14. The number of ketones is 1. The first-order valence-electron chi connectivity index (χ1n) is 5.27. The maximum atomic E-state index is 10.7. The van der Waals surface area contributed by atoms with Gasteiger partial charge < -0.3 is 4.74 Å². The van der Waals surface area contributed by atoms with Crippen molar-refractivity contribution in [2.75, 3.05) is 6.61 Å². The van der Waals surface area contributed by atoms with Gasteiger partial charge in [0.15, 0.2) is 0 Å². The van der Waals surface area contributed by atoms with Crippen LogP contribution >= 0.6 is 0 Å². The van der Waals surface area contributed by atoms with Crippen LogP contribution in [0.15, 0.2) is 0 Å². The van der Waals surface area contributed by atoms with Crippen LogP contribution in [0.2, 0.25) is 0 Å². The van der Waals surface area contributed by atoms with Gasteiger partial charge in [0.05, 0.1) is 6.10 Å². The number of ether oxygens (including phenoxy) is 1. The van der Waals surface area contributed by atoms with Gasteiger partial charge in [-0.05, 0) is 20.3 Å². The van der Waals surface area contributed by atoms with E-state index in [-0.39, 0.29) is 11.9 Å². The van der Waals surface area contributed by atoms with E-state index in [1.165, 1.54) is 19.3 Å². The summed E-state index contributed by atoms with van der Waals surface area (Å²) in [5.41, 5.74) is 0. The number of carbonyl (C=O) groups excluding carboxylic acids is 1. The highest BCUT2D eigenvalue weighted by atomic mass is 16.5. The zero-order valence-corrected chi connectivity index (χ0v) is 9.14. The molecule has 0 aliphatic heterocycles. The molecule has 0 radical (unpaired) electrons.